The van der Waals surface area contributed by atoms with Gasteiger partial charge in [-0.25, -0.2) is 17.6 Å². The Morgan fingerprint density at radius 2 is 1.77 bits per heavy atom. The molecule has 114 valence electrons. The van der Waals surface area contributed by atoms with Crippen LogP contribution in [0.15, 0.2) is 46.1 Å². The zero-order valence-corrected chi connectivity index (χ0v) is 12.3. The Morgan fingerprint density at radius 3 is 2.50 bits per heavy atom. The van der Waals surface area contributed by atoms with Crippen LogP contribution in [0.25, 0.3) is 11.0 Å². The van der Waals surface area contributed by atoms with E-state index >= 15 is 0 Å². The summed E-state index contributed by atoms with van der Waals surface area (Å²) in [5, 5.41) is 0. The monoisotopic (exact) mass is 321 g/mol. The fourth-order valence-corrected chi connectivity index (χ4v) is 3.12. The summed E-state index contributed by atoms with van der Waals surface area (Å²) in [5.41, 5.74) is 1.02. The van der Waals surface area contributed by atoms with Crippen LogP contribution in [-0.2, 0) is 10.0 Å². The Bertz CT molecular complexity index is 1020. The number of nitrogens with one attached hydrogen (secondary N) is 3. The third-order valence-corrected chi connectivity index (χ3v) is 4.60. The summed E-state index contributed by atoms with van der Waals surface area (Å²) in [6.45, 7) is 1.59. The lowest BCUT2D eigenvalue weighted by atomic mass is 10.2. The van der Waals surface area contributed by atoms with Crippen molar-refractivity contribution in [3.05, 3.63) is 58.3 Å². The molecule has 0 saturated heterocycles. The highest BCUT2D eigenvalue weighted by Crippen LogP contribution is 2.20. The van der Waals surface area contributed by atoms with Crippen molar-refractivity contribution in [2.24, 2.45) is 0 Å². The van der Waals surface area contributed by atoms with Gasteiger partial charge >= 0.3 is 5.69 Å². The number of H-pyrrole nitrogens is 2. The van der Waals surface area contributed by atoms with Gasteiger partial charge in [0, 0.05) is 0 Å². The molecule has 0 aliphatic rings. The highest BCUT2D eigenvalue weighted by molar-refractivity contribution is 7.92. The van der Waals surface area contributed by atoms with E-state index in [0.717, 1.165) is 6.07 Å². The molecule has 0 fully saturated rings. The lowest BCUT2D eigenvalue weighted by molar-refractivity contribution is 0.601. The Kier molecular flexibility index (Phi) is 3.25. The number of imidazole rings is 1. The summed E-state index contributed by atoms with van der Waals surface area (Å²) in [4.78, 5) is 16.2. The molecule has 0 aliphatic heterocycles. The second kappa shape index (κ2) is 4.99. The second-order valence-electron chi connectivity index (χ2n) is 4.86. The van der Waals surface area contributed by atoms with Gasteiger partial charge in [-0.05, 0) is 42.8 Å². The number of sulfonamides is 1. The zero-order valence-electron chi connectivity index (χ0n) is 11.5. The zero-order chi connectivity index (χ0) is 15.9. The predicted octanol–water partition coefficient (Wildman–Crippen LogP) is 2.10. The number of aryl methyl sites for hydroxylation is 1. The van der Waals surface area contributed by atoms with Crippen LogP contribution in [0.2, 0.25) is 0 Å². The minimum Gasteiger partial charge on any atom is -0.306 e. The maximum Gasteiger partial charge on any atom is 0.323 e. The molecule has 0 radical (unpaired) electrons. The van der Waals surface area contributed by atoms with Crippen molar-refractivity contribution in [3.8, 4) is 0 Å². The minimum absolute atomic E-state index is 0.0313. The fraction of sp³-hybridized carbons (Fsp3) is 0.0714. The first-order valence-electron chi connectivity index (χ1n) is 6.36. The molecule has 22 heavy (non-hydrogen) atoms. The Balaban J connectivity index is 1.99. The van der Waals surface area contributed by atoms with Gasteiger partial charge in [-0.15, -0.1) is 0 Å². The van der Waals surface area contributed by atoms with Crippen molar-refractivity contribution in [1.82, 2.24) is 9.97 Å². The first-order chi connectivity index (χ1) is 10.3. The SMILES string of the molecule is Cc1ccc(NS(=O)(=O)c2ccc3[nH]c(=O)[nH]c3c2)cc1F. The van der Waals surface area contributed by atoms with Crippen LogP contribution in [0.3, 0.4) is 0 Å². The van der Waals surface area contributed by atoms with Crippen LogP contribution in [-0.4, -0.2) is 18.4 Å². The lowest BCUT2D eigenvalue weighted by Crippen LogP contribution is -2.13. The molecule has 0 spiro atoms. The van der Waals surface area contributed by atoms with E-state index in [9.17, 15) is 17.6 Å². The van der Waals surface area contributed by atoms with E-state index < -0.39 is 21.5 Å². The standard InChI is InChI=1S/C14H12FN3O3S/c1-8-2-3-9(6-11(8)15)18-22(20,21)10-4-5-12-13(7-10)17-14(19)16-12/h2-7,18H,1H3,(H2,16,17,19). The average Bonchev–Trinajstić information content (AvgIpc) is 2.81. The molecule has 3 aromatic rings. The number of aromatic amines is 2. The second-order valence-corrected chi connectivity index (χ2v) is 6.54. The molecule has 1 aromatic heterocycles. The summed E-state index contributed by atoms with van der Waals surface area (Å²) in [6, 6.07) is 8.26. The van der Waals surface area contributed by atoms with E-state index in [1.165, 1.54) is 30.3 Å². The van der Waals surface area contributed by atoms with Crippen LogP contribution in [0, 0.1) is 12.7 Å². The molecule has 0 bridgehead atoms. The number of rotatable bonds is 3. The van der Waals surface area contributed by atoms with E-state index in [2.05, 4.69) is 14.7 Å². The average molecular weight is 321 g/mol. The molecule has 0 unspecified atom stereocenters. The molecule has 3 rings (SSSR count). The van der Waals surface area contributed by atoms with Crippen LogP contribution >= 0.6 is 0 Å². The molecule has 0 aliphatic carbocycles. The quantitative estimate of drug-likeness (QED) is 0.689. The van der Waals surface area contributed by atoms with Crippen molar-refractivity contribution in [2.75, 3.05) is 4.72 Å². The number of hydrogen-bond acceptors (Lipinski definition) is 3. The van der Waals surface area contributed by atoms with Crippen LogP contribution in [0.4, 0.5) is 10.1 Å². The molecule has 3 N–H and O–H groups in total. The van der Waals surface area contributed by atoms with Gasteiger partial charge in [0.05, 0.1) is 21.6 Å². The fourth-order valence-electron chi connectivity index (χ4n) is 2.05. The first-order valence-corrected chi connectivity index (χ1v) is 7.84. The molecule has 1 heterocycles. The number of anilines is 1. The molecule has 0 saturated carbocycles. The number of benzene rings is 2. The van der Waals surface area contributed by atoms with Crippen molar-refractivity contribution in [2.45, 2.75) is 11.8 Å². The summed E-state index contributed by atoms with van der Waals surface area (Å²) < 4.78 is 40.4. The summed E-state index contributed by atoms with van der Waals surface area (Å²) in [7, 11) is -3.88. The van der Waals surface area contributed by atoms with Gasteiger partial charge in [0.1, 0.15) is 5.82 Å². The van der Waals surface area contributed by atoms with Crippen LogP contribution in [0.1, 0.15) is 5.56 Å². The molecular weight excluding hydrogens is 309 g/mol. The molecule has 0 atom stereocenters. The van der Waals surface area contributed by atoms with E-state index in [4.69, 9.17) is 0 Å². The van der Waals surface area contributed by atoms with Gasteiger partial charge in [0.25, 0.3) is 10.0 Å². The molecule has 2 aromatic carbocycles. The summed E-state index contributed by atoms with van der Waals surface area (Å²) in [6.07, 6.45) is 0. The van der Waals surface area contributed by atoms with E-state index in [-0.39, 0.29) is 10.6 Å². The van der Waals surface area contributed by atoms with Crippen LogP contribution < -0.4 is 10.4 Å². The van der Waals surface area contributed by atoms with E-state index in [0.29, 0.717) is 16.6 Å². The normalized spacial score (nSPS) is 11.7. The first kappa shape index (κ1) is 14.3. The van der Waals surface area contributed by atoms with Crippen molar-refractivity contribution >= 4 is 26.7 Å². The van der Waals surface area contributed by atoms with Crippen molar-refractivity contribution in [3.63, 3.8) is 0 Å². The van der Waals surface area contributed by atoms with Gasteiger partial charge < -0.3 is 9.97 Å². The van der Waals surface area contributed by atoms with Crippen molar-refractivity contribution < 1.29 is 12.8 Å². The smallest absolute Gasteiger partial charge is 0.306 e. The molecule has 6 nitrogen and oxygen atoms in total. The van der Waals surface area contributed by atoms with E-state index in [1.807, 2.05) is 0 Å². The topological polar surface area (TPSA) is 94.8 Å². The van der Waals surface area contributed by atoms with Gasteiger partial charge in [0.15, 0.2) is 0 Å². The third-order valence-electron chi connectivity index (χ3n) is 3.22. The Hall–Kier alpha value is -2.61. The molecule has 8 heteroatoms. The largest absolute Gasteiger partial charge is 0.323 e. The van der Waals surface area contributed by atoms with Gasteiger partial charge in [-0.1, -0.05) is 6.07 Å². The Labute approximate surface area is 125 Å². The van der Waals surface area contributed by atoms with Gasteiger partial charge in [0.2, 0.25) is 0 Å². The highest BCUT2D eigenvalue weighted by Gasteiger charge is 2.16. The number of fused-ring (bicyclic) bond motifs is 1. The number of hydrogen-bond donors (Lipinski definition) is 3. The maximum atomic E-state index is 13.5. The van der Waals surface area contributed by atoms with E-state index in [1.54, 1.807) is 6.92 Å². The lowest BCUT2D eigenvalue weighted by Gasteiger charge is -2.09. The third kappa shape index (κ3) is 2.60. The minimum atomic E-state index is -3.88. The number of aromatic nitrogens is 2. The molecule has 0 amide bonds. The Morgan fingerprint density at radius 1 is 1.05 bits per heavy atom. The molecular formula is C14H12FN3O3S. The van der Waals surface area contributed by atoms with Crippen LogP contribution in [0.5, 0.6) is 0 Å². The predicted molar refractivity (Wildman–Crippen MR) is 80.9 cm³/mol. The summed E-state index contributed by atoms with van der Waals surface area (Å²) >= 11 is 0. The number of halogens is 1. The summed E-state index contributed by atoms with van der Waals surface area (Å²) in [5.74, 6) is -0.495. The van der Waals surface area contributed by atoms with Gasteiger partial charge in [-0.3, -0.25) is 4.72 Å². The van der Waals surface area contributed by atoms with Gasteiger partial charge in [-0.2, -0.15) is 0 Å². The maximum absolute atomic E-state index is 13.5. The van der Waals surface area contributed by atoms with Crippen molar-refractivity contribution in [1.29, 1.82) is 0 Å². The highest BCUT2D eigenvalue weighted by atomic mass is 32.2.